The molecule has 1 saturated heterocycles. The second kappa shape index (κ2) is 3.08. The van der Waals surface area contributed by atoms with Crippen LogP contribution in [0.3, 0.4) is 0 Å². The molecule has 2 rings (SSSR count). The van der Waals surface area contributed by atoms with E-state index in [0.717, 1.165) is 6.42 Å². The first-order valence-electron chi connectivity index (χ1n) is 4.95. The van der Waals surface area contributed by atoms with Gasteiger partial charge >= 0.3 is 5.97 Å². The van der Waals surface area contributed by atoms with Gasteiger partial charge in [-0.3, -0.25) is 4.79 Å². The van der Waals surface area contributed by atoms with Gasteiger partial charge in [-0.05, 0) is 24.7 Å². The van der Waals surface area contributed by atoms with Gasteiger partial charge in [-0.1, -0.05) is 19.8 Å². The molecule has 1 aliphatic heterocycles. The van der Waals surface area contributed by atoms with Crippen LogP contribution in [0.25, 0.3) is 0 Å². The summed E-state index contributed by atoms with van der Waals surface area (Å²) >= 11 is 0. The molecule has 2 aliphatic rings. The molecule has 0 aromatic rings. The summed E-state index contributed by atoms with van der Waals surface area (Å²) in [6.07, 6.45) is 4.82. The second-order valence-corrected chi connectivity index (χ2v) is 4.16. The monoisotopic (exact) mass is 168 g/mol. The van der Waals surface area contributed by atoms with Crippen LogP contribution >= 0.6 is 0 Å². The lowest BCUT2D eigenvalue weighted by molar-refractivity contribution is -0.163. The largest absolute Gasteiger partial charge is 0.465 e. The average molecular weight is 168 g/mol. The molecule has 1 aliphatic carbocycles. The van der Waals surface area contributed by atoms with Crippen LogP contribution in [-0.4, -0.2) is 12.6 Å². The minimum Gasteiger partial charge on any atom is -0.465 e. The van der Waals surface area contributed by atoms with E-state index in [4.69, 9.17) is 4.74 Å². The van der Waals surface area contributed by atoms with Crippen LogP contribution < -0.4 is 0 Å². The molecule has 1 saturated carbocycles. The number of hydrogen-bond donors (Lipinski definition) is 0. The number of hydrogen-bond acceptors (Lipinski definition) is 2. The molecule has 3 atom stereocenters. The van der Waals surface area contributed by atoms with Crippen molar-refractivity contribution in [2.45, 2.75) is 32.6 Å². The Labute approximate surface area is 73.3 Å². The normalized spacial score (nSPS) is 41.8. The van der Waals surface area contributed by atoms with E-state index >= 15 is 0 Å². The fourth-order valence-electron chi connectivity index (χ4n) is 2.58. The van der Waals surface area contributed by atoms with Gasteiger partial charge < -0.3 is 4.74 Å². The Morgan fingerprint density at radius 1 is 1.33 bits per heavy atom. The van der Waals surface area contributed by atoms with E-state index < -0.39 is 0 Å². The first-order valence-corrected chi connectivity index (χ1v) is 4.95. The van der Waals surface area contributed by atoms with Crippen molar-refractivity contribution < 1.29 is 9.53 Å². The summed E-state index contributed by atoms with van der Waals surface area (Å²) in [4.78, 5) is 11.4. The molecule has 0 aromatic carbocycles. The molecule has 2 nitrogen and oxygen atoms in total. The van der Waals surface area contributed by atoms with Gasteiger partial charge in [-0.2, -0.15) is 0 Å². The predicted molar refractivity (Wildman–Crippen MR) is 45.6 cm³/mol. The first kappa shape index (κ1) is 8.09. The molecule has 68 valence electrons. The van der Waals surface area contributed by atoms with Crippen molar-refractivity contribution >= 4 is 5.97 Å². The van der Waals surface area contributed by atoms with Crippen molar-refractivity contribution in [1.29, 1.82) is 0 Å². The third-order valence-corrected chi connectivity index (χ3v) is 3.34. The first-order chi connectivity index (χ1) is 5.79. The minimum absolute atomic E-state index is 0.0674. The Morgan fingerprint density at radius 3 is 2.83 bits per heavy atom. The Kier molecular flexibility index (Phi) is 2.07. The fraction of sp³-hybridized carbons (Fsp3) is 0.900. The smallest absolute Gasteiger partial charge is 0.309 e. The predicted octanol–water partition coefficient (Wildman–Crippen LogP) is 1.99. The molecule has 0 N–H and O–H groups in total. The number of ether oxygens (including phenoxy) is 1. The van der Waals surface area contributed by atoms with Crippen molar-refractivity contribution in [2.75, 3.05) is 6.61 Å². The molecule has 0 spiro atoms. The zero-order chi connectivity index (χ0) is 8.55. The Balaban J connectivity index is 2.11. The number of carbonyl (C=O) groups excluding carboxylic acids is 1. The van der Waals surface area contributed by atoms with E-state index in [2.05, 4.69) is 6.92 Å². The van der Waals surface area contributed by atoms with Gasteiger partial charge in [0.2, 0.25) is 0 Å². The number of fused-ring (bicyclic) bond motifs is 1. The number of cyclic esters (lactones) is 1. The maximum Gasteiger partial charge on any atom is 0.309 e. The molecule has 0 bridgehead atoms. The highest BCUT2D eigenvalue weighted by Gasteiger charge is 2.39. The summed E-state index contributed by atoms with van der Waals surface area (Å²) in [7, 11) is 0. The number of rotatable bonds is 0. The van der Waals surface area contributed by atoms with Gasteiger partial charge in [0.05, 0.1) is 12.5 Å². The van der Waals surface area contributed by atoms with E-state index in [1.807, 2.05) is 0 Å². The van der Waals surface area contributed by atoms with Gasteiger partial charge in [0.25, 0.3) is 0 Å². The highest BCUT2D eigenvalue weighted by molar-refractivity contribution is 5.73. The Morgan fingerprint density at radius 2 is 2.08 bits per heavy atom. The molecule has 2 heteroatoms. The topological polar surface area (TPSA) is 26.3 Å². The van der Waals surface area contributed by atoms with E-state index in [1.54, 1.807) is 0 Å². The van der Waals surface area contributed by atoms with Crippen LogP contribution in [0.1, 0.15) is 32.6 Å². The number of carbonyl (C=O) groups is 1. The Bertz CT molecular complexity index is 188. The lowest BCUT2D eigenvalue weighted by Crippen LogP contribution is -2.39. The van der Waals surface area contributed by atoms with Crippen molar-refractivity contribution in [3.05, 3.63) is 0 Å². The van der Waals surface area contributed by atoms with Gasteiger partial charge in [-0.25, -0.2) is 0 Å². The minimum atomic E-state index is 0.0674. The van der Waals surface area contributed by atoms with E-state index in [9.17, 15) is 4.79 Å². The van der Waals surface area contributed by atoms with Crippen LogP contribution in [0.15, 0.2) is 0 Å². The summed E-state index contributed by atoms with van der Waals surface area (Å²) in [5, 5.41) is 0. The second-order valence-electron chi connectivity index (χ2n) is 4.16. The maximum absolute atomic E-state index is 11.4. The third kappa shape index (κ3) is 1.23. The summed E-state index contributed by atoms with van der Waals surface area (Å²) in [6.45, 7) is 2.86. The molecular weight excluding hydrogens is 152 g/mol. The summed E-state index contributed by atoms with van der Waals surface area (Å²) in [6, 6.07) is 0. The molecule has 0 aromatic heterocycles. The van der Waals surface area contributed by atoms with Crippen molar-refractivity contribution in [1.82, 2.24) is 0 Å². The zero-order valence-corrected chi connectivity index (χ0v) is 7.58. The summed E-state index contributed by atoms with van der Waals surface area (Å²) in [5.41, 5.74) is 0. The quantitative estimate of drug-likeness (QED) is 0.517. The standard InChI is InChI=1S/C10H16O2/c1-7-6-12-10(11)9-5-3-2-4-8(7)9/h7-9H,2-6H2,1H3. The van der Waals surface area contributed by atoms with E-state index in [-0.39, 0.29) is 11.9 Å². The molecule has 0 amide bonds. The third-order valence-electron chi connectivity index (χ3n) is 3.34. The molecule has 1 heterocycles. The summed E-state index contributed by atoms with van der Waals surface area (Å²) in [5.74, 6) is 1.52. The van der Waals surface area contributed by atoms with Gasteiger partial charge in [0, 0.05) is 0 Å². The molecule has 3 unspecified atom stereocenters. The SMILES string of the molecule is CC1COC(=O)C2CCCCC12. The van der Waals surface area contributed by atoms with Gasteiger partial charge in [0.1, 0.15) is 0 Å². The molecule has 0 radical (unpaired) electrons. The summed E-state index contributed by atoms with van der Waals surface area (Å²) < 4.78 is 5.12. The zero-order valence-electron chi connectivity index (χ0n) is 7.58. The van der Waals surface area contributed by atoms with Crippen molar-refractivity contribution in [2.24, 2.45) is 17.8 Å². The number of esters is 1. The van der Waals surface area contributed by atoms with Crippen LogP contribution in [0, 0.1) is 17.8 Å². The van der Waals surface area contributed by atoms with Crippen LogP contribution in [0.5, 0.6) is 0 Å². The molecule has 2 fully saturated rings. The van der Waals surface area contributed by atoms with Gasteiger partial charge in [-0.15, -0.1) is 0 Å². The van der Waals surface area contributed by atoms with E-state index in [1.165, 1.54) is 19.3 Å². The Hall–Kier alpha value is -0.530. The van der Waals surface area contributed by atoms with Crippen LogP contribution in [0.2, 0.25) is 0 Å². The lowest BCUT2D eigenvalue weighted by Gasteiger charge is -2.38. The fourth-order valence-corrected chi connectivity index (χ4v) is 2.58. The van der Waals surface area contributed by atoms with Crippen LogP contribution in [0.4, 0.5) is 0 Å². The van der Waals surface area contributed by atoms with Crippen molar-refractivity contribution in [3.63, 3.8) is 0 Å². The average Bonchev–Trinajstić information content (AvgIpc) is 2.12. The van der Waals surface area contributed by atoms with E-state index in [0.29, 0.717) is 18.4 Å². The lowest BCUT2D eigenvalue weighted by atomic mass is 9.72. The van der Waals surface area contributed by atoms with Gasteiger partial charge in [0.15, 0.2) is 0 Å². The highest BCUT2D eigenvalue weighted by atomic mass is 16.5. The molecule has 12 heavy (non-hydrogen) atoms. The van der Waals surface area contributed by atoms with Crippen LogP contribution in [-0.2, 0) is 9.53 Å². The van der Waals surface area contributed by atoms with Crippen molar-refractivity contribution in [3.8, 4) is 0 Å². The highest BCUT2D eigenvalue weighted by Crippen LogP contribution is 2.38. The molecular formula is C10H16O2. The maximum atomic E-state index is 11.4.